The van der Waals surface area contributed by atoms with Crippen molar-refractivity contribution in [1.82, 2.24) is 0 Å². The number of carboxylic acids is 2. The van der Waals surface area contributed by atoms with Crippen LogP contribution >= 0.6 is 0 Å². The van der Waals surface area contributed by atoms with E-state index in [1.54, 1.807) is 0 Å². The Kier molecular flexibility index (Phi) is 44.2. The predicted molar refractivity (Wildman–Crippen MR) is 161 cm³/mol. The summed E-state index contributed by atoms with van der Waals surface area (Å²) >= 11 is 0. The van der Waals surface area contributed by atoms with Gasteiger partial charge in [0.05, 0.1) is 0 Å². The average molecular weight is 707 g/mol. The van der Waals surface area contributed by atoms with Crippen LogP contribution in [-0.2, 0) is 38.2 Å². The maximum absolute atomic E-state index is 11.4. The van der Waals surface area contributed by atoms with E-state index in [9.17, 15) is 39.0 Å². The number of aliphatic carboxylic acids is 2. The van der Waals surface area contributed by atoms with Crippen molar-refractivity contribution >= 4 is 35.8 Å². The van der Waals surface area contributed by atoms with Crippen molar-refractivity contribution < 1.29 is 151 Å². The van der Waals surface area contributed by atoms with Gasteiger partial charge in [-0.05, 0) is 38.5 Å². The molecule has 0 saturated carbocycles. The number of hydrogen-bond donors (Lipinski definition) is 2. The third kappa shape index (κ3) is 38.9. The van der Waals surface area contributed by atoms with Gasteiger partial charge in [0, 0.05) is 24.8 Å². The zero-order valence-electron chi connectivity index (χ0n) is 28.9. The van der Waals surface area contributed by atoms with E-state index in [1.165, 1.54) is 64.2 Å². The van der Waals surface area contributed by atoms with Gasteiger partial charge in [-0.25, -0.2) is 9.59 Å². The molecule has 0 saturated heterocycles. The van der Waals surface area contributed by atoms with Crippen LogP contribution in [-0.4, -0.2) is 47.9 Å². The first-order valence-corrected chi connectivity index (χ1v) is 16.3. The Hall–Kier alpha value is 0.413. The second kappa shape index (κ2) is 38.2. The average Bonchev–Trinajstić information content (AvgIpc) is 2.97. The van der Waals surface area contributed by atoms with Crippen molar-refractivity contribution in [3.63, 3.8) is 0 Å². The van der Waals surface area contributed by atoms with Crippen LogP contribution in [0.15, 0.2) is 0 Å². The third-order valence-electron chi connectivity index (χ3n) is 6.82. The largest absolute Gasteiger partial charge is 1.00 e. The normalized spacial score (nSPS) is 11.4. The van der Waals surface area contributed by atoms with Crippen molar-refractivity contribution in [2.24, 2.45) is 11.5 Å². The number of nitrogens with two attached hydrogens (primary N) is 2. The SMILES string of the molecule is CCCCCCCCCCC(=O)OC(=O)C(N)CCC(=O)[O-].CCCCCCCCCCC(=O)OC(=O)C(N)CCC(=O)[O-].[K+].[K+]. The Bertz CT molecular complexity index is 765. The van der Waals surface area contributed by atoms with Crippen molar-refractivity contribution in [2.45, 2.75) is 167 Å². The molecule has 46 heavy (non-hydrogen) atoms. The van der Waals surface area contributed by atoms with Gasteiger partial charge in [0.2, 0.25) is 0 Å². The molecule has 0 fully saturated rings. The van der Waals surface area contributed by atoms with Gasteiger partial charge in [0.15, 0.2) is 0 Å². The number of ether oxygens (including phenoxy) is 2. The van der Waals surface area contributed by atoms with E-state index in [-0.39, 0.29) is 141 Å². The zero-order chi connectivity index (χ0) is 33.6. The number of carbonyl (C=O) groups excluding carboxylic acids is 6. The molecule has 0 aromatic carbocycles. The molecule has 14 heteroatoms. The Morgan fingerprint density at radius 2 is 0.739 bits per heavy atom. The van der Waals surface area contributed by atoms with Crippen molar-refractivity contribution in [1.29, 1.82) is 0 Å². The van der Waals surface area contributed by atoms with Gasteiger partial charge < -0.3 is 40.7 Å². The zero-order valence-corrected chi connectivity index (χ0v) is 35.2. The smallest absolute Gasteiger partial charge is 0.550 e. The van der Waals surface area contributed by atoms with Gasteiger partial charge in [-0.1, -0.05) is 104 Å². The summed E-state index contributed by atoms with van der Waals surface area (Å²) in [5.41, 5.74) is 10.9. The molecule has 256 valence electrons. The van der Waals surface area contributed by atoms with Crippen LogP contribution in [0.1, 0.15) is 155 Å². The Morgan fingerprint density at radius 3 is 1.00 bits per heavy atom. The van der Waals surface area contributed by atoms with Gasteiger partial charge in [-0.2, -0.15) is 0 Å². The minimum Gasteiger partial charge on any atom is -0.550 e. The second-order valence-corrected chi connectivity index (χ2v) is 11.1. The molecule has 4 N–H and O–H groups in total. The molecule has 0 aliphatic rings. The summed E-state index contributed by atoms with van der Waals surface area (Å²) in [6.45, 7) is 4.36. The van der Waals surface area contributed by atoms with E-state index in [0.717, 1.165) is 25.7 Å². The minimum absolute atomic E-state index is 0. The first kappa shape index (κ1) is 53.2. The standard InChI is InChI=1S/2C16H29NO5.2K/c2*1-2-3-4-5-6-7-8-9-10-15(20)22-16(21)13(17)11-12-14(18)19;;/h2*13H,2-12,17H2,1H3,(H,18,19);;/q;;2*+1/p-2. The molecule has 0 radical (unpaired) electrons. The Labute approximate surface area is 360 Å². The maximum atomic E-state index is 11.4. The monoisotopic (exact) mass is 706 g/mol. The number of unbranched alkanes of at least 4 members (excludes halogenated alkanes) is 14. The molecule has 0 aliphatic carbocycles. The number of esters is 4. The first-order chi connectivity index (χ1) is 20.9. The van der Waals surface area contributed by atoms with Crippen molar-refractivity contribution in [2.75, 3.05) is 0 Å². The Balaban J connectivity index is -0.000000367. The predicted octanol–water partition coefficient (Wildman–Crippen LogP) is -3.10. The van der Waals surface area contributed by atoms with Crippen LogP contribution in [0.25, 0.3) is 0 Å². The van der Waals surface area contributed by atoms with Gasteiger partial charge in [-0.15, -0.1) is 0 Å². The molecule has 12 nitrogen and oxygen atoms in total. The third-order valence-corrected chi connectivity index (χ3v) is 6.82. The van der Waals surface area contributed by atoms with Crippen molar-refractivity contribution in [3.8, 4) is 0 Å². The summed E-state index contributed by atoms with van der Waals surface area (Å²) < 4.78 is 9.18. The van der Waals surface area contributed by atoms with Gasteiger partial charge in [-0.3, -0.25) is 9.59 Å². The molecule has 0 rings (SSSR count). The second-order valence-electron chi connectivity index (χ2n) is 11.1. The van der Waals surface area contributed by atoms with E-state index >= 15 is 0 Å². The number of rotatable bonds is 26. The molecule has 0 aromatic heterocycles. The van der Waals surface area contributed by atoms with Crippen LogP contribution < -0.4 is 124 Å². The van der Waals surface area contributed by atoms with E-state index in [2.05, 4.69) is 23.3 Å². The fourth-order valence-electron chi connectivity index (χ4n) is 4.07. The molecular weight excluding hydrogens is 651 g/mol. The van der Waals surface area contributed by atoms with Crippen LogP contribution in [0.2, 0.25) is 0 Å². The molecular formula is C32H56K2N2O10. The van der Waals surface area contributed by atoms with E-state index in [1.807, 2.05) is 0 Å². The summed E-state index contributed by atoms with van der Waals surface area (Å²) in [6, 6.07) is -2.19. The topological polar surface area (TPSA) is 219 Å². The number of hydrogen-bond acceptors (Lipinski definition) is 12. The molecule has 0 amide bonds. The summed E-state index contributed by atoms with van der Waals surface area (Å²) in [4.78, 5) is 66.2. The minimum atomic E-state index is -1.28. The molecule has 0 heterocycles. The Morgan fingerprint density at radius 1 is 0.478 bits per heavy atom. The fourth-order valence-corrected chi connectivity index (χ4v) is 4.07. The fraction of sp³-hybridized carbons (Fsp3) is 0.812. The van der Waals surface area contributed by atoms with E-state index < -0.39 is 47.9 Å². The summed E-state index contributed by atoms with van der Waals surface area (Å²) in [6.07, 6.45) is 17.2. The van der Waals surface area contributed by atoms with Gasteiger partial charge in [0.1, 0.15) is 12.1 Å². The summed E-state index contributed by atoms with van der Waals surface area (Å²) in [5.74, 6) is -5.50. The van der Waals surface area contributed by atoms with Crippen LogP contribution in [0, 0.1) is 0 Å². The summed E-state index contributed by atoms with van der Waals surface area (Å²) in [5, 5.41) is 20.5. The molecule has 2 unspecified atom stereocenters. The molecule has 0 aliphatic heterocycles. The molecule has 0 spiro atoms. The van der Waals surface area contributed by atoms with Crippen LogP contribution in [0.4, 0.5) is 0 Å². The molecule has 0 aromatic rings. The van der Waals surface area contributed by atoms with Gasteiger partial charge >= 0.3 is 127 Å². The molecule has 2 atom stereocenters. The van der Waals surface area contributed by atoms with Crippen LogP contribution in [0.3, 0.4) is 0 Å². The number of carbonyl (C=O) groups is 6. The van der Waals surface area contributed by atoms with Crippen molar-refractivity contribution in [3.05, 3.63) is 0 Å². The first-order valence-electron chi connectivity index (χ1n) is 16.3. The van der Waals surface area contributed by atoms with Gasteiger partial charge in [0.25, 0.3) is 0 Å². The quantitative estimate of drug-likeness (QED) is 0.0396. The van der Waals surface area contributed by atoms with E-state index in [0.29, 0.717) is 12.8 Å². The number of carboxylic acid groups (broad SMARTS) is 2. The van der Waals surface area contributed by atoms with E-state index in [4.69, 9.17) is 11.5 Å². The van der Waals surface area contributed by atoms with Crippen LogP contribution in [0.5, 0.6) is 0 Å². The summed E-state index contributed by atoms with van der Waals surface area (Å²) in [7, 11) is 0. The maximum Gasteiger partial charge on any atom is 1.00 e. The molecule has 0 bridgehead atoms.